The number of aryl methyl sites for hydroxylation is 1. The maximum absolute atomic E-state index is 12.3. The van der Waals surface area contributed by atoms with Crippen LogP contribution in [0, 0.1) is 12.7 Å². The molecule has 3 heteroatoms. The van der Waals surface area contributed by atoms with Crippen LogP contribution in [0.2, 0.25) is 0 Å². The Labute approximate surface area is 52.0 Å². The first-order valence-electron chi connectivity index (χ1n) is 2.51. The normalized spacial score (nSPS) is 9.56. The molecule has 1 heterocycles. The summed E-state index contributed by atoms with van der Waals surface area (Å²) in [7, 11) is 0. The van der Waals surface area contributed by atoms with Crippen molar-refractivity contribution in [2.24, 2.45) is 0 Å². The van der Waals surface area contributed by atoms with E-state index in [0.717, 1.165) is 0 Å². The molecule has 1 N–H and O–H groups in total. The summed E-state index contributed by atoms with van der Waals surface area (Å²) in [4.78, 5) is 3.36. The Balaban J connectivity index is 3.17. The summed E-state index contributed by atoms with van der Waals surface area (Å²) in [6.07, 6.45) is 1.40. The summed E-state index contributed by atoms with van der Waals surface area (Å²) >= 11 is 0. The van der Waals surface area contributed by atoms with E-state index in [1.54, 1.807) is 6.92 Å². The largest absolute Gasteiger partial charge is 0.491 e. The predicted octanol–water partition coefficient (Wildman–Crippen LogP) is 1.23. The lowest BCUT2D eigenvalue weighted by molar-refractivity contribution is 0.411. The van der Waals surface area contributed by atoms with E-state index >= 15 is 0 Å². The highest BCUT2D eigenvalue weighted by atomic mass is 19.1. The van der Waals surface area contributed by atoms with Gasteiger partial charge in [0, 0.05) is 6.20 Å². The Morgan fingerprint density at radius 1 is 1.67 bits per heavy atom. The molecule has 48 valence electrons. The van der Waals surface area contributed by atoms with Crippen LogP contribution in [0.3, 0.4) is 0 Å². The van der Waals surface area contributed by atoms with Crippen LogP contribution in [-0.4, -0.2) is 10.1 Å². The van der Waals surface area contributed by atoms with Crippen molar-refractivity contribution in [2.75, 3.05) is 0 Å². The van der Waals surface area contributed by atoms with E-state index in [2.05, 4.69) is 4.98 Å². The third-order valence-electron chi connectivity index (χ3n) is 0.958. The zero-order chi connectivity index (χ0) is 6.85. The SMILES string of the molecule is Cc1cnc(O)c(F)c1. The summed E-state index contributed by atoms with van der Waals surface area (Å²) in [6, 6.07) is 1.22. The summed E-state index contributed by atoms with van der Waals surface area (Å²) in [5.74, 6) is -1.21. The van der Waals surface area contributed by atoms with Crippen molar-refractivity contribution in [3.8, 4) is 5.88 Å². The van der Waals surface area contributed by atoms with Crippen LogP contribution in [0.25, 0.3) is 0 Å². The van der Waals surface area contributed by atoms with Gasteiger partial charge in [-0.15, -0.1) is 0 Å². The summed E-state index contributed by atoms with van der Waals surface area (Å²) in [5, 5.41) is 8.56. The van der Waals surface area contributed by atoms with Gasteiger partial charge in [-0.1, -0.05) is 0 Å². The zero-order valence-corrected chi connectivity index (χ0v) is 4.93. The van der Waals surface area contributed by atoms with Crippen molar-refractivity contribution < 1.29 is 9.50 Å². The van der Waals surface area contributed by atoms with Crippen LogP contribution in [-0.2, 0) is 0 Å². The molecule has 0 amide bonds. The van der Waals surface area contributed by atoms with Crippen molar-refractivity contribution >= 4 is 0 Å². The number of aromatic hydroxyl groups is 1. The lowest BCUT2D eigenvalue weighted by Crippen LogP contribution is -1.81. The number of nitrogens with zero attached hydrogens (tertiary/aromatic N) is 1. The highest BCUT2D eigenvalue weighted by molar-refractivity contribution is 5.17. The maximum atomic E-state index is 12.3. The molecule has 1 rings (SSSR count). The average molecular weight is 127 g/mol. The van der Waals surface area contributed by atoms with Gasteiger partial charge in [0.15, 0.2) is 5.82 Å². The monoisotopic (exact) mass is 127 g/mol. The Bertz CT molecular complexity index is 224. The molecule has 0 fully saturated rings. The Morgan fingerprint density at radius 3 is 2.78 bits per heavy atom. The van der Waals surface area contributed by atoms with Gasteiger partial charge in [0.1, 0.15) is 0 Å². The second kappa shape index (κ2) is 2.01. The van der Waals surface area contributed by atoms with Crippen LogP contribution in [0.15, 0.2) is 12.3 Å². The molecule has 0 unspecified atom stereocenters. The first kappa shape index (κ1) is 6.01. The van der Waals surface area contributed by atoms with Crippen molar-refractivity contribution in [2.45, 2.75) is 6.92 Å². The topological polar surface area (TPSA) is 33.1 Å². The van der Waals surface area contributed by atoms with Gasteiger partial charge in [-0.3, -0.25) is 0 Å². The Morgan fingerprint density at radius 2 is 2.33 bits per heavy atom. The van der Waals surface area contributed by atoms with Crippen molar-refractivity contribution in [1.29, 1.82) is 0 Å². The third-order valence-corrected chi connectivity index (χ3v) is 0.958. The standard InChI is InChI=1S/C6H6FNO/c1-4-2-5(7)6(9)8-3-4/h2-3H,1H3,(H,8,9). The number of hydrogen-bond donors (Lipinski definition) is 1. The molecular formula is C6H6FNO. The van der Waals surface area contributed by atoms with E-state index < -0.39 is 11.7 Å². The second-order valence-electron chi connectivity index (χ2n) is 1.82. The fourth-order valence-electron chi connectivity index (χ4n) is 0.526. The van der Waals surface area contributed by atoms with Crippen molar-refractivity contribution in [3.05, 3.63) is 23.6 Å². The zero-order valence-electron chi connectivity index (χ0n) is 4.93. The summed E-state index contributed by atoms with van der Waals surface area (Å²) in [6.45, 7) is 1.70. The first-order valence-corrected chi connectivity index (χ1v) is 2.51. The van der Waals surface area contributed by atoms with Gasteiger partial charge in [-0.05, 0) is 18.6 Å². The van der Waals surface area contributed by atoms with Gasteiger partial charge < -0.3 is 5.11 Å². The highest BCUT2D eigenvalue weighted by Crippen LogP contribution is 2.10. The lowest BCUT2D eigenvalue weighted by atomic mass is 10.3. The molecule has 0 radical (unpaired) electrons. The van der Waals surface area contributed by atoms with Crippen LogP contribution < -0.4 is 0 Å². The molecular weight excluding hydrogens is 121 g/mol. The smallest absolute Gasteiger partial charge is 0.247 e. The van der Waals surface area contributed by atoms with Crippen molar-refractivity contribution in [3.63, 3.8) is 0 Å². The molecule has 0 aliphatic carbocycles. The first-order chi connectivity index (χ1) is 4.20. The van der Waals surface area contributed by atoms with Crippen LogP contribution >= 0.6 is 0 Å². The van der Waals surface area contributed by atoms with E-state index in [4.69, 9.17) is 5.11 Å². The van der Waals surface area contributed by atoms with E-state index in [-0.39, 0.29) is 0 Å². The predicted molar refractivity (Wildman–Crippen MR) is 30.6 cm³/mol. The minimum absolute atomic E-state index is 0.541. The summed E-state index contributed by atoms with van der Waals surface area (Å²) in [5.41, 5.74) is 0.699. The average Bonchev–Trinajstić information content (AvgIpc) is 1.80. The molecule has 0 saturated heterocycles. The highest BCUT2D eigenvalue weighted by Gasteiger charge is 1.98. The number of hydrogen-bond acceptors (Lipinski definition) is 2. The van der Waals surface area contributed by atoms with Gasteiger partial charge in [0.05, 0.1) is 0 Å². The van der Waals surface area contributed by atoms with E-state index in [9.17, 15) is 4.39 Å². The molecule has 9 heavy (non-hydrogen) atoms. The Hall–Kier alpha value is -1.12. The van der Waals surface area contributed by atoms with Gasteiger partial charge in [0.2, 0.25) is 5.88 Å². The minimum Gasteiger partial charge on any atom is -0.491 e. The fraction of sp³-hybridized carbons (Fsp3) is 0.167. The van der Waals surface area contributed by atoms with Crippen molar-refractivity contribution in [1.82, 2.24) is 4.98 Å². The Kier molecular flexibility index (Phi) is 1.34. The number of halogens is 1. The molecule has 2 nitrogen and oxygen atoms in total. The number of aromatic nitrogens is 1. The maximum Gasteiger partial charge on any atom is 0.247 e. The van der Waals surface area contributed by atoms with E-state index in [1.807, 2.05) is 0 Å². The number of pyridine rings is 1. The minimum atomic E-state index is -0.671. The number of rotatable bonds is 0. The van der Waals surface area contributed by atoms with E-state index in [0.29, 0.717) is 5.56 Å². The molecule has 0 saturated carbocycles. The van der Waals surface area contributed by atoms with E-state index in [1.165, 1.54) is 12.3 Å². The fourth-order valence-corrected chi connectivity index (χ4v) is 0.526. The lowest BCUT2D eigenvalue weighted by Gasteiger charge is -1.92. The molecule has 0 aliphatic rings. The van der Waals surface area contributed by atoms with Gasteiger partial charge in [-0.2, -0.15) is 0 Å². The molecule has 1 aromatic rings. The molecule has 0 aromatic carbocycles. The van der Waals surface area contributed by atoms with Crippen LogP contribution in [0.1, 0.15) is 5.56 Å². The molecule has 1 aromatic heterocycles. The molecule has 0 spiro atoms. The van der Waals surface area contributed by atoms with Gasteiger partial charge in [-0.25, -0.2) is 9.37 Å². The summed E-state index contributed by atoms with van der Waals surface area (Å²) < 4.78 is 12.3. The van der Waals surface area contributed by atoms with Crippen LogP contribution in [0.5, 0.6) is 5.88 Å². The van der Waals surface area contributed by atoms with Gasteiger partial charge in [0.25, 0.3) is 0 Å². The van der Waals surface area contributed by atoms with Gasteiger partial charge >= 0.3 is 0 Å². The molecule has 0 atom stereocenters. The third kappa shape index (κ3) is 1.16. The molecule has 0 bridgehead atoms. The molecule has 0 aliphatic heterocycles. The second-order valence-corrected chi connectivity index (χ2v) is 1.82. The quantitative estimate of drug-likeness (QED) is 0.568. The van der Waals surface area contributed by atoms with Crippen LogP contribution in [0.4, 0.5) is 4.39 Å².